The molecular formula is C13H10ClNO4S. The van der Waals surface area contributed by atoms with Gasteiger partial charge < -0.3 is 15.2 Å². The number of ether oxygens (including phenoxy) is 1. The third-order valence-corrected chi connectivity index (χ3v) is 3.59. The number of rotatable bonds is 4. The molecule has 1 heterocycles. The lowest BCUT2D eigenvalue weighted by atomic mass is 10.2. The maximum absolute atomic E-state index is 12.2. The molecule has 0 saturated carbocycles. The number of carboxylic acids is 1. The van der Waals surface area contributed by atoms with Gasteiger partial charge in [0.1, 0.15) is 10.8 Å². The first-order chi connectivity index (χ1) is 9.52. The monoisotopic (exact) mass is 311 g/mol. The minimum absolute atomic E-state index is 0.0457. The molecule has 0 radical (unpaired) electrons. The zero-order valence-electron chi connectivity index (χ0n) is 10.3. The second-order valence-corrected chi connectivity index (χ2v) is 5.12. The summed E-state index contributed by atoms with van der Waals surface area (Å²) < 4.78 is 5.09. The fraction of sp³-hybridized carbons (Fsp3) is 0.0769. The zero-order chi connectivity index (χ0) is 14.7. The van der Waals surface area contributed by atoms with Gasteiger partial charge in [-0.05, 0) is 29.6 Å². The Balaban J connectivity index is 2.30. The Kier molecular flexibility index (Phi) is 4.26. The van der Waals surface area contributed by atoms with Crippen molar-refractivity contribution < 1.29 is 19.4 Å². The van der Waals surface area contributed by atoms with Gasteiger partial charge in [0.2, 0.25) is 0 Å². The van der Waals surface area contributed by atoms with E-state index in [2.05, 4.69) is 5.32 Å². The van der Waals surface area contributed by atoms with Crippen molar-refractivity contribution in [2.24, 2.45) is 0 Å². The second-order valence-electron chi connectivity index (χ2n) is 3.77. The topological polar surface area (TPSA) is 75.6 Å². The average molecular weight is 312 g/mol. The number of benzene rings is 1. The first-order valence-electron chi connectivity index (χ1n) is 5.48. The molecule has 1 amide bonds. The van der Waals surface area contributed by atoms with E-state index in [1.54, 1.807) is 17.5 Å². The van der Waals surface area contributed by atoms with Crippen LogP contribution in [0.4, 0.5) is 5.00 Å². The SMILES string of the molecule is COc1ccc(Cl)cc1C(=O)Nc1sccc1C(=O)O. The van der Waals surface area contributed by atoms with E-state index in [1.807, 2.05) is 0 Å². The van der Waals surface area contributed by atoms with E-state index in [4.69, 9.17) is 21.4 Å². The summed E-state index contributed by atoms with van der Waals surface area (Å²) in [5, 5.41) is 13.8. The van der Waals surface area contributed by atoms with Crippen LogP contribution in [0.25, 0.3) is 0 Å². The zero-order valence-corrected chi connectivity index (χ0v) is 11.9. The minimum Gasteiger partial charge on any atom is -0.496 e. The molecule has 0 aliphatic carbocycles. The molecule has 2 rings (SSSR count). The molecule has 0 atom stereocenters. The van der Waals surface area contributed by atoms with Crippen LogP contribution in [0.1, 0.15) is 20.7 Å². The van der Waals surface area contributed by atoms with Gasteiger partial charge in [0.05, 0.1) is 18.2 Å². The number of hydrogen-bond acceptors (Lipinski definition) is 4. The van der Waals surface area contributed by atoms with Gasteiger partial charge >= 0.3 is 5.97 Å². The molecule has 0 aliphatic rings. The standard InChI is InChI=1S/C13H10ClNO4S/c1-19-10-3-2-7(14)6-9(10)11(16)15-12-8(13(17)18)4-5-20-12/h2-6H,1H3,(H,15,16)(H,17,18). The number of halogens is 1. The van der Waals surface area contributed by atoms with Crippen LogP contribution in [-0.4, -0.2) is 24.1 Å². The quantitative estimate of drug-likeness (QED) is 0.907. The number of amides is 1. The third-order valence-electron chi connectivity index (χ3n) is 2.53. The molecule has 0 unspecified atom stereocenters. The van der Waals surface area contributed by atoms with Crippen LogP contribution >= 0.6 is 22.9 Å². The van der Waals surface area contributed by atoms with E-state index in [-0.39, 0.29) is 16.1 Å². The molecule has 0 spiro atoms. The highest BCUT2D eigenvalue weighted by Gasteiger charge is 2.17. The molecule has 7 heteroatoms. The normalized spacial score (nSPS) is 10.1. The van der Waals surface area contributed by atoms with E-state index in [0.717, 1.165) is 11.3 Å². The van der Waals surface area contributed by atoms with Crippen LogP contribution < -0.4 is 10.1 Å². The second kappa shape index (κ2) is 5.94. The maximum atomic E-state index is 12.2. The summed E-state index contributed by atoms with van der Waals surface area (Å²) >= 11 is 6.99. The van der Waals surface area contributed by atoms with Gasteiger partial charge in [-0.2, -0.15) is 0 Å². The first kappa shape index (κ1) is 14.4. The molecule has 1 aromatic carbocycles. The summed E-state index contributed by atoms with van der Waals surface area (Å²) in [4.78, 5) is 23.2. The number of anilines is 1. The third kappa shape index (κ3) is 2.92. The molecule has 0 aliphatic heterocycles. The van der Waals surface area contributed by atoms with Crippen LogP contribution in [0.15, 0.2) is 29.6 Å². The van der Waals surface area contributed by atoms with Crippen molar-refractivity contribution in [2.75, 3.05) is 12.4 Å². The highest BCUT2D eigenvalue weighted by Crippen LogP contribution is 2.27. The maximum Gasteiger partial charge on any atom is 0.338 e. The highest BCUT2D eigenvalue weighted by atomic mass is 35.5. The van der Waals surface area contributed by atoms with Gasteiger partial charge in [0.15, 0.2) is 0 Å². The van der Waals surface area contributed by atoms with E-state index in [1.165, 1.54) is 19.2 Å². The largest absolute Gasteiger partial charge is 0.496 e. The summed E-state index contributed by atoms with van der Waals surface area (Å²) in [6.07, 6.45) is 0. The Morgan fingerprint density at radius 2 is 2.05 bits per heavy atom. The molecule has 2 aromatic rings. The van der Waals surface area contributed by atoms with Crippen LogP contribution in [0.2, 0.25) is 5.02 Å². The fourth-order valence-corrected chi connectivity index (χ4v) is 2.55. The van der Waals surface area contributed by atoms with E-state index < -0.39 is 11.9 Å². The van der Waals surface area contributed by atoms with Crippen LogP contribution in [-0.2, 0) is 0 Å². The van der Waals surface area contributed by atoms with Crippen LogP contribution in [0.5, 0.6) is 5.75 Å². The molecule has 0 bridgehead atoms. The molecule has 5 nitrogen and oxygen atoms in total. The number of methoxy groups -OCH3 is 1. The Morgan fingerprint density at radius 3 is 2.70 bits per heavy atom. The van der Waals surface area contributed by atoms with Gasteiger partial charge in [-0.1, -0.05) is 11.6 Å². The highest BCUT2D eigenvalue weighted by molar-refractivity contribution is 7.14. The summed E-state index contributed by atoms with van der Waals surface area (Å²) in [6.45, 7) is 0. The van der Waals surface area contributed by atoms with Gasteiger partial charge in [0, 0.05) is 5.02 Å². The summed E-state index contributed by atoms with van der Waals surface area (Å²) in [5.74, 6) is -1.21. The summed E-state index contributed by atoms with van der Waals surface area (Å²) in [7, 11) is 1.44. The van der Waals surface area contributed by atoms with Gasteiger partial charge in [-0.25, -0.2) is 4.79 Å². The lowest BCUT2D eigenvalue weighted by Gasteiger charge is -2.09. The number of carbonyl (C=O) groups is 2. The Bertz CT molecular complexity index is 668. The lowest BCUT2D eigenvalue weighted by Crippen LogP contribution is -2.14. The minimum atomic E-state index is -1.10. The van der Waals surface area contributed by atoms with Crippen molar-refractivity contribution in [3.8, 4) is 5.75 Å². The molecule has 2 N–H and O–H groups in total. The molecule has 0 fully saturated rings. The lowest BCUT2D eigenvalue weighted by molar-refractivity contribution is 0.0698. The number of hydrogen-bond donors (Lipinski definition) is 2. The van der Waals surface area contributed by atoms with Crippen molar-refractivity contribution in [1.29, 1.82) is 0 Å². The van der Waals surface area contributed by atoms with Crippen molar-refractivity contribution in [2.45, 2.75) is 0 Å². The number of aromatic carboxylic acids is 1. The number of carboxylic acid groups (broad SMARTS) is 1. The van der Waals surface area contributed by atoms with Crippen molar-refractivity contribution in [3.63, 3.8) is 0 Å². The predicted octanol–water partition coefficient (Wildman–Crippen LogP) is 3.36. The van der Waals surface area contributed by atoms with E-state index in [0.29, 0.717) is 10.8 Å². The summed E-state index contributed by atoms with van der Waals surface area (Å²) in [6, 6.07) is 6.07. The molecule has 1 aromatic heterocycles. The number of nitrogens with one attached hydrogen (secondary N) is 1. The number of carbonyl (C=O) groups excluding carboxylic acids is 1. The molecule has 0 saturated heterocycles. The van der Waals surface area contributed by atoms with Crippen molar-refractivity contribution in [1.82, 2.24) is 0 Å². The smallest absolute Gasteiger partial charge is 0.338 e. The molecule has 104 valence electrons. The first-order valence-corrected chi connectivity index (χ1v) is 6.74. The summed E-state index contributed by atoms with van der Waals surface area (Å²) in [5.41, 5.74) is 0.286. The Hall–Kier alpha value is -2.05. The van der Waals surface area contributed by atoms with E-state index in [9.17, 15) is 9.59 Å². The molecular weight excluding hydrogens is 302 g/mol. The fourth-order valence-electron chi connectivity index (χ4n) is 1.60. The number of thiophene rings is 1. The van der Waals surface area contributed by atoms with Gasteiger partial charge in [-0.15, -0.1) is 11.3 Å². The van der Waals surface area contributed by atoms with Gasteiger partial charge in [0.25, 0.3) is 5.91 Å². The Labute approximate surface area is 123 Å². The van der Waals surface area contributed by atoms with Gasteiger partial charge in [-0.3, -0.25) is 4.79 Å². The van der Waals surface area contributed by atoms with Crippen LogP contribution in [0.3, 0.4) is 0 Å². The average Bonchev–Trinajstić information content (AvgIpc) is 2.87. The van der Waals surface area contributed by atoms with E-state index >= 15 is 0 Å². The van der Waals surface area contributed by atoms with Crippen LogP contribution in [0, 0.1) is 0 Å². The molecule has 20 heavy (non-hydrogen) atoms. The van der Waals surface area contributed by atoms with Crippen molar-refractivity contribution in [3.05, 3.63) is 45.8 Å². The predicted molar refractivity (Wildman–Crippen MR) is 77.2 cm³/mol. The van der Waals surface area contributed by atoms with Crippen molar-refractivity contribution >= 4 is 39.8 Å². The Morgan fingerprint density at radius 1 is 1.30 bits per heavy atom.